The van der Waals surface area contributed by atoms with Gasteiger partial charge in [0.15, 0.2) is 0 Å². The van der Waals surface area contributed by atoms with Crippen molar-refractivity contribution in [2.75, 3.05) is 11.4 Å². The maximum Gasteiger partial charge on any atom is 0.399 e. The molecule has 8 rings (SSSR count). The molecule has 1 saturated heterocycles. The van der Waals surface area contributed by atoms with Crippen LogP contribution in [0.25, 0.3) is 10.1 Å². The van der Waals surface area contributed by atoms with Crippen LogP contribution in [0, 0.1) is 11.8 Å². The maximum absolute atomic E-state index is 14.5. The molecule has 4 aliphatic heterocycles. The fraction of sp³-hybridized carbons (Fsp3) is 0.388. The molecule has 4 atom stereocenters. The quantitative estimate of drug-likeness (QED) is 0.0346. The van der Waals surface area contributed by atoms with Crippen LogP contribution in [0.15, 0.2) is 60.7 Å². The van der Waals surface area contributed by atoms with Crippen molar-refractivity contribution in [2.24, 2.45) is 5.73 Å². The Labute approximate surface area is 409 Å². The van der Waals surface area contributed by atoms with E-state index in [1.54, 1.807) is 24.3 Å². The summed E-state index contributed by atoms with van der Waals surface area (Å²) in [5.41, 5.74) is 3.98. The Morgan fingerprint density at radius 1 is 0.958 bits per heavy atom. The predicted octanol–water partition coefficient (Wildman–Crippen LogP) is 3.76. The first-order valence-corrected chi connectivity index (χ1v) is 25.6. The number of rotatable bonds is 17. The number of fused-ring (bicyclic) bond motifs is 2. The third-order valence-electron chi connectivity index (χ3n) is 13.1. The molecule has 4 aliphatic rings. The Bertz CT molecular complexity index is 2980. The van der Waals surface area contributed by atoms with E-state index in [-0.39, 0.29) is 73.7 Å². The van der Waals surface area contributed by atoms with Gasteiger partial charge in [-0.15, -0.1) is 11.3 Å². The van der Waals surface area contributed by atoms with Crippen molar-refractivity contribution in [3.63, 3.8) is 0 Å². The minimum absolute atomic E-state index is 0.0473. The number of amides is 8. The molecular weight excluding hydrogens is 964 g/mol. The van der Waals surface area contributed by atoms with E-state index in [9.17, 15) is 61.5 Å². The Balaban J connectivity index is 0.843. The number of piperidine rings is 1. The highest BCUT2D eigenvalue weighted by Crippen LogP contribution is 2.59. The number of aryl methyl sites for hydroxylation is 1. The monoisotopic (exact) mass is 1010 g/mol. The van der Waals surface area contributed by atoms with Crippen LogP contribution in [0.4, 0.5) is 14.5 Å². The van der Waals surface area contributed by atoms with Crippen molar-refractivity contribution in [2.45, 2.75) is 113 Å². The highest BCUT2D eigenvalue weighted by Gasteiger charge is 2.50. The van der Waals surface area contributed by atoms with Gasteiger partial charge in [-0.25, -0.2) is 0 Å². The SMILES string of the molecule is NC(=O)CC[C@H](NC(=O)[C@@H]1Cc2cccc3c2N1C(=O)[C@H](NC(=O)c1cc2cc(C(F)(F)P(=O)(O)O)ccc2s1)CC3)C(=O)NCCCCCCC#Cc1cccc2c1CN(C1CCC(=O)NC1=O)C2=O. The zero-order chi connectivity index (χ0) is 50.8. The van der Waals surface area contributed by atoms with Gasteiger partial charge in [0.2, 0.25) is 35.4 Å². The summed E-state index contributed by atoms with van der Waals surface area (Å²) in [6.45, 7) is 0.498. The number of alkyl halides is 2. The van der Waals surface area contributed by atoms with Crippen molar-refractivity contribution in [3.8, 4) is 11.8 Å². The molecule has 0 aliphatic carbocycles. The topological polar surface area (TPSA) is 275 Å². The summed E-state index contributed by atoms with van der Waals surface area (Å²) >= 11 is 0.931. The molecule has 71 heavy (non-hydrogen) atoms. The molecule has 22 heteroatoms. The number of carbonyl (C=O) groups excluding carboxylic acids is 8. The lowest BCUT2D eigenvalue weighted by molar-refractivity contribution is -0.137. The van der Waals surface area contributed by atoms with E-state index in [1.807, 2.05) is 12.1 Å². The summed E-state index contributed by atoms with van der Waals surface area (Å²) in [5.74, 6) is 2.05. The van der Waals surface area contributed by atoms with Gasteiger partial charge in [-0.1, -0.05) is 55.0 Å². The molecule has 8 N–H and O–H groups in total. The number of benzene rings is 3. The van der Waals surface area contributed by atoms with E-state index in [1.165, 1.54) is 21.9 Å². The summed E-state index contributed by atoms with van der Waals surface area (Å²) in [5, 5.41) is 10.7. The van der Waals surface area contributed by atoms with Crippen molar-refractivity contribution in [1.82, 2.24) is 26.2 Å². The largest absolute Gasteiger partial charge is 0.399 e. The first-order valence-electron chi connectivity index (χ1n) is 23.2. The Kier molecular flexibility index (Phi) is 14.8. The van der Waals surface area contributed by atoms with Crippen LogP contribution in [-0.4, -0.2) is 92.7 Å². The molecule has 3 aromatic carbocycles. The number of nitrogens with one attached hydrogen (secondary N) is 4. The van der Waals surface area contributed by atoms with Gasteiger partial charge in [-0.3, -0.25) is 53.1 Å². The first kappa shape index (κ1) is 50.5. The van der Waals surface area contributed by atoms with Gasteiger partial charge in [-0.2, -0.15) is 8.78 Å². The lowest BCUT2D eigenvalue weighted by Gasteiger charge is -2.29. The Hall–Kier alpha value is -6.85. The third kappa shape index (κ3) is 10.8. The number of anilines is 1. The number of thiophene rings is 1. The van der Waals surface area contributed by atoms with Crippen LogP contribution in [0.5, 0.6) is 0 Å². The van der Waals surface area contributed by atoms with Crippen LogP contribution < -0.4 is 31.9 Å². The van der Waals surface area contributed by atoms with Gasteiger partial charge in [0, 0.05) is 60.2 Å². The fourth-order valence-corrected chi connectivity index (χ4v) is 10.8. The number of halogens is 2. The summed E-state index contributed by atoms with van der Waals surface area (Å²) < 4.78 is 40.8. The number of hydrogen-bond donors (Lipinski definition) is 7. The Morgan fingerprint density at radius 2 is 1.72 bits per heavy atom. The van der Waals surface area contributed by atoms with E-state index in [0.717, 1.165) is 53.9 Å². The summed E-state index contributed by atoms with van der Waals surface area (Å²) in [6, 6.07) is 10.8. The number of unbranched alkanes of at least 4 members (excludes halogenated alkanes) is 4. The number of carbonyl (C=O) groups is 8. The highest BCUT2D eigenvalue weighted by atomic mass is 32.1. The fourth-order valence-electron chi connectivity index (χ4n) is 9.43. The van der Waals surface area contributed by atoms with Gasteiger partial charge in [0.25, 0.3) is 11.8 Å². The normalized spacial score (nSPS) is 19.0. The molecule has 4 aromatic rings. The van der Waals surface area contributed by atoms with Crippen molar-refractivity contribution in [3.05, 3.63) is 98.9 Å². The molecule has 5 heterocycles. The van der Waals surface area contributed by atoms with E-state index in [0.29, 0.717) is 46.3 Å². The van der Waals surface area contributed by atoms with E-state index < -0.39 is 78.4 Å². The Morgan fingerprint density at radius 3 is 2.48 bits per heavy atom. The molecule has 0 saturated carbocycles. The van der Waals surface area contributed by atoms with Crippen molar-refractivity contribution < 1.29 is 61.5 Å². The molecule has 8 amide bonds. The van der Waals surface area contributed by atoms with Crippen LogP contribution >= 0.6 is 18.9 Å². The second kappa shape index (κ2) is 20.9. The van der Waals surface area contributed by atoms with E-state index in [4.69, 9.17) is 5.73 Å². The molecule has 0 bridgehead atoms. The molecule has 1 aromatic heterocycles. The smallest absolute Gasteiger partial charge is 0.370 e. The average molecular weight is 1010 g/mol. The molecular formula is C49H50F2N7O11PS. The summed E-state index contributed by atoms with van der Waals surface area (Å²) in [6.07, 6.45) is 4.20. The van der Waals surface area contributed by atoms with Gasteiger partial charge in [0.05, 0.1) is 10.6 Å². The summed E-state index contributed by atoms with van der Waals surface area (Å²) in [7, 11) is -5.84. The minimum Gasteiger partial charge on any atom is -0.370 e. The van der Waals surface area contributed by atoms with Gasteiger partial charge >= 0.3 is 13.3 Å². The number of imide groups is 1. The zero-order valence-electron chi connectivity index (χ0n) is 38.1. The highest BCUT2D eigenvalue weighted by molar-refractivity contribution is 7.52. The second-order valence-corrected chi connectivity index (χ2v) is 20.7. The zero-order valence-corrected chi connectivity index (χ0v) is 39.8. The molecule has 372 valence electrons. The average Bonchev–Trinajstić information content (AvgIpc) is 4.01. The molecule has 0 spiro atoms. The maximum atomic E-state index is 14.5. The minimum atomic E-state index is -5.84. The molecule has 18 nitrogen and oxygen atoms in total. The van der Waals surface area contributed by atoms with Gasteiger partial charge in [0.1, 0.15) is 24.2 Å². The van der Waals surface area contributed by atoms with Crippen LogP contribution in [0.3, 0.4) is 0 Å². The lowest BCUT2D eigenvalue weighted by Crippen LogP contribution is -2.57. The van der Waals surface area contributed by atoms with Crippen LogP contribution in [0.2, 0.25) is 0 Å². The number of para-hydroxylation sites is 1. The van der Waals surface area contributed by atoms with Gasteiger partial charge < -0.3 is 36.4 Å². The standard InChI is InChI=1S/C49H50F2N7O11PS/c50-49(51,70(67,68)69)31-15-19-38-30(23-31)25-39(71-38)46(64)55-35-16-14-28-11-7-12-29-24-37(58(42(28)29)48(35)66)45(63)54-34(17-20-40(52)59)43(61)53-22-6-4-2-1-3-5-9-27-10-8-13-32-33(27)26-57(47(32)65)36-18-21-41(60)56-44(36)62/h7-8,10-13,15,19,23,25,34-37H,1-4,6,14,16-18,20-22,24,26H2,(H2,52,59)(H,53,61)(H,54,63)(H,55,64)(H,56,60,62)(H2,67,68,69)/t34-,35+,36?,37-/m0/s1. The van der Waals surface area contributed by atoms with Crippen LogP contribution in [-0.2, 0) is 58.4 Å². The molecule has 1 unspecified atom stereocenters. The van der Waals surface area contributed by atoms with E-state index in [2.05, 4.69) is 33.1 Å². The van der Waals surface area contributed by atoms with Crippen molar-refractivity contribution in [1.29, 1.82) is 0 Å². The number of hydrogen-bond acceptors (Lipinski definition) is 10. The third-order valence-corrected chi connectivity index (χ3v) is 15.2. The number of nitrogens with zero attached hydrogens (tertiary/aromatic N) is 2. The summed E-state index contributed by atoms with van der Waals surface area (Å²) in [4.78, 5) is 126. The first-order chi connectivity index (χ1) is 33.8. The number of primary amides is 1. The van der Waals surface area contributed by atoms with Gasteiger partial charge in [-0.05, 0) is 90.9 Å². The van der Waals surface area contributed by atoms with Crippen molar-refractivity contribution >= 4 is 82.0 Å². The second-order valence-electron chi connectivity index (χ2n) is 17.9. The van der Waals surface area contributed by atoms with E-state index >= 15 is 0 Å². The number of nitrogens with two attached hydrogens (primary N) is 1. The lowest BCUT2D eigenvalue weighted by atomic mass is 10.0. The molecule has 0 radical (unpaired) electrons. The predicted molar refractivity (Wildman–Crippen MR) is 255 cm³/mol. The van der Waals surface area contributed by atoms with Crippen LogP contribution in [0.1, 0.15) is 112 Å². The molecule has 1 fully saturated rings.